The van der Waals surface area contributed by atoms with Crippen LogP contribution >= 0.6 is 11.3 Å². The summed E-state index contributed by atoms with van der Waals surface area (Å²) in [6, 6.07) is 19.6. The smallest absolute Gasteiger partial charge is 0.294 e. The van der Waals surface area contributed by atoms with E-state index in [0.717, 1.165) is 11.1 Å². The number of thiophene rings is 1. The summed E-state index contributed by atoms with van der Waals surface area (Å²) < 4.78 is 0. The Morgan fingerprint density at radius 1 is 1.04 bits per heavy atom. The van der Waals surface area contributed by atoms with Crippen molar-refractivity contribution in [1.82, 2.24) is 0 Å². The van der Waals surface area contributed by atoms with E-state index in [-0.39, 0.29) is 11.4 Å². The quantitative estimate of drug-likeness (QED) is 0.664. The molecule has 0 spiro atoms. The Bertz CT molecular complexity index is 1040. The van der Waals surface area contributed by atoms with Crippen molar-refractivity contribution in [2.24, 2.45) is 0 Å². The van der Waals surface area contributed by atoms with E-state index in [1.807, 2.05) is 61.5 Å². The highest BCUT2D eigenvalue weighted by molar-refractivity contribution is 7.12. The van der Waals surface area contributed by atoms with Gasteiger partial charge in [0.25, 0.3) is 5.91 Å². The van der Waals surface area contributed by atoms with Gasteiger partial charge in [-0.1, -0.05) is 48.5 Å². The van der Waals surface area contributed by atoms with Crippen LogP contribution in [0.4, 0.5) is 5.69 Å². The second-order valence-corrected chi connectivity index (χ2v) is 7.34. The number of Topliss-reactive ketones (excluding diaryl/α,β-unsaturated/α-hetero) is 1. The Morgan fingerprint density at radius 3 is 2.48 bits per heavy atom. The van der Waals surface area contributed by atoms with Crippen LogP contribution in [0.15, 0.2) is 83.4 Å². The van der Waals surface area contributed by atoms with Crippen LogP contribution in [0.25, 0.3) is 0 Å². The van der Waals surface area contributed by atoms with Crippen LogP contribution in [-0.2, 0) is 4.79 Å². The van der Waals surface area contributed by atoms with Gasteiger partial charge in [0.1, 0.15) is 0 Å². The molecule has 1 amide bonds. The molecule has 1 aliphatic heterocycles. The third-order valence-corrected chi connectivity index (χ3v) is 5.46. The van der Waals surface area contributed by atoms with E-state index >= 15 is 0 Å². The molecule has 2 aromatic carbocycles. The maximum atomic E-state index is 13.1. The van der Waals surface area contributed by atoms with Crippen molar-refractivity contribution in [1.29, 1.82) is 0 Å². The number of nitrogens with zero attached hydrogens (tertiary/aromatic N) is 1. The molecule has 2 heterocycles. The fourth-order valence-corrected chi connectivity index (χ4v) is 4.05. The van der Waals surface area contributed by atoms with Gasteiger partial charge in [-0.15, -0.1) is 11.3 Å². The molecule has 0 saturated heterocycles. The lowest BCUT2D eigenvalue weighted by molar-refractivity contribution is -0.117. The first-order valence-corrected chi connectivity index (χ1v) is 9.42. The minimum atomic E-state index is -0.671. The number of carbonyl (C=O) groups excluding carboxylic acids is 2. The predicted molar refractivity (Wildman–Crippen MR) is 106 cm³/mol. The standard InChI is InChI=1S/C22H17NO3S/c1-14-7-5-10-16(13-14)23-19(15-8-3-2-4-9-15)18(21(25)22(23)26)20(24)17-11-6-12-27-17/h2-13,19,25H,1H3. The van der Waals surface area contributed by atoms with Crippen LogP contribution in [0.1, 0.15) is 26.8 Å². The number of hydrogen-bond donors (Lipinski definition) is 1. The zero-order valence-electron chi connectivity index (χ0n) is 14.6. The lowest BCUT2D eigenvalue weighted by atomic mass is 9.95. The number of amides is 1. The van der Waals surface area contributed by atoms with E-state index < -0.39 is 17.7 Å². The molecule has 1 N–H and O–H groups in total. The van der Waals surface area contributed by atoms with Crippen LogP contribution in [-0.4, -0.2) is 16.8 Å². The van der Waals surface area contributed by atoms with Crippen molar-refractivity contribution in [3.8, 4) is 0 Å². The number of anilines is 1. The molecule has 1 aromatic heterocycles. The van der Waals surface area contributed by atoms with Crippen molar-refractivity contribution in [3.63, 3.8) is 0 Å². The topological polar surface area (TPSA) is 57.6 Å². The van der Waals surface area contributed by atoms with E-state index in [2.05, 4.69) is 0 Å². The van der Waals surface area contributed by atoms with Crippen LogP contribution < -0.4 is 4.90 Å². The summed E-state index contributed by atoms with van der Waals surface area (Å²) in [5.41, 5.74) is 2.53. The summed E-state index contributed by atoms with van der Waals surface area (Å²) >= 11 is 1.29. The van der Waals surface area contributed by atoms with Crippen molar-refractivity contribution in [2.75, 3.05) is 4.90 Å². The van der Waals surface area contributed by atoms with Crippen LogP contribution in [0, 0.1) is 6.92 Å². The first-order valence-electron chi connectivity index (χ1n) is 8.54. The minimum absolute atomic E-state index is 0.121. The number of aliphatic hydroxyl groups excluding tert-OH is 1. The minimum Gasteiger partial charge on any atom is -0.503 e. The van der Waals surface area contributed by atoms with Gasteiger partial charge in [0.15, 0.2) is 5.76 Å². The van der Waals surface area contributed by atoms with Gasteiger partial charge < -0.3 is 5.11 Å². The Hall–Kier alpha value is -3.18. The van der Waals surface area contributed by atoms with E-state index in [0.29, 0.717) is 10.6 Å². The number of carbonyl (C=O) groups is 2. The van der Waals surface area contributed by atoms with Crippen molar-refractivity contribution in [2.45, 2.75) is 13.0 Å². The molecule has 1 atom stereocenters. The van der Waals surface area contributed by atoms with E-state index in [9.17, 15) is 14.7 Å². The Kier molecular flexibility index (Phi) is 4.38. The molecule has 4 rings (SSSR count). The SMILES string of the molecule is Cc1cccc(N2C(=O)C(O)=C(C(=O)c3cccs3)C2c2ccccc2)c1. The molecule has 0 fully saturated rings. The first-order chi connectivity index (χ1) is 13.1. The first kappa shape index (κ1) is 17.2. The summed E-state index contributed by atoms with van der Waals surface area (Å²) in [6.07, 6.45) is 0. The van der Waals surface area contributed by atoms with Gasteiger partial charge in [0.05, 0.1) is 16.5 Å². The van der Waals surface area contributed by atoms with Crippen LogP contribution in [0.2, 0.25) is 0 Å². The zero-order chi connectivity index (χ0) is 19.0. The lowest BCUT2D eigenvalue weighted by Crippen LogP contribution is -2.31. The number of aliphatic hydroxyl groups is 1. The predicted octanol–water partition coefficient (Wildman–Crippen LogP) is 4.84. The Balaban J connectivity index is 1.89. The Labute approximate surface area is 161 Å². The fourth-order valence-electron chi connectivity index (χ4n) is 3.37. The molecule has 27 heavy (non-hydrogen) atoms. The van der Waals surface area contributed by atoms with E-state index in [4.69, 9.17) is 0 Å². The highest BCUT2D eigenvalue weighted by Gasteiger charge is 2.44. The largest absolute Gasteiger partial charge is 0.503 e. The molecule has 4 nitrogen and oxygen atoms in total. The maximum Gasteiger partial charge on any atom is 0.294 e. The molecule has 1 unspecified atom stereocenters. The van der Waals surface area contributed by atoms with Gasteiger partial charge >= 0.3 is 0 Å². The summed E-state index contributed by atoms with van der Waals surface area (Å²) in [5, 5.41) is 12.4. The molecule has 5 heteroatoms. The summed E-state index contributed by atoms with van der Waals surface area (Å²) in [4.78, 5) is 28.1. The second-order valence-electron chi connectivity index (χ2n) is 6.40. The monoisotopic (exact) mass is 375 g/mol. The molecule has 3 aromatic rings. The molecule has 134 valence electrons. The Morgan fingerprint density at radius 2 is 1.81 bits per heavy atom. The average molecular weight is 375 g/mol. The van der Waals surface area contributed by atoms with Gasteiger partial charge in [0.2, 0.25) is 5.78 Å². The van der Waals surface area contributed by atoms with Gasteiger partial charge in [-0.2, -0.15) is 0 Å². The number of ketones is 1. The summed E-state index contributed by atoms with van der Waals surface area (Å²) in [6.45, 7) is 1.94. The number of hydrogen-bond acceptors (Lipinski definition) is 4. The van der Waals surface area contributed by atoms with Gasteiger partial charge in [-0.3, -0.25) is 14.5 Å². The number of rotatable bonds is 4. The number of aryl methyl sites for hydroxylation is 1. The normalized spacial score (nSPS) is 16.9. The molecular weight excluding hydrogens is 358 g/mol. The highest BCUT2D eigenvalue weighted by Crippen LogP contribution is 2.42. The number of benzene rings is 2. The van der Waals surface area contributed by atoms with E-state index in [1.165, 1.54) is 16.2 Å². The lowest BCUT2D eigenvalue weighted by Gasteiger charge is -2.27. The van der Waals surface area contributed by atoms with Gasteiger partial charge in [0, 0.05) is 5.69 Å². The van der Waals surface area contributed by atoms with Gasteiger partial charge in [-0.25, -0.2) is 0 Å². The summed E-state index contributed by atoms with van der Waals surface area (Å²) in [5.74, 6) is -1.36. The van der Waals surface area contributed by atoms with Crippen LogP contribution in [0.5, 0.6) is 0 Å². The molecule has 0 saturated carbocycles. The van der Waals surface area contributed by atoms with E-state index in [1.54, 1.807) is 17.5 Å². The zero-order valence-corrected chi connectivity index (χ0v) is 15.4. The highest BCUT2D eigenvalue weighted by atomic mass is 32.1. The summed E-state index contributed by atoms with van der Waals surface area (Å²) in [7, 11) is 0. The van der Waals surface area contributed by atoms with Crippen LogP contribution in [0.3, 0.4) is 0 Å². The van der Waals surface area contributed by atoms with Crippen molar-refractivity contribution >= 4 is 28.7 Å². The molecule has 0 aliphatic carbocycles. The third-order valence-electron chi connectivity index (χ3n) is 4.59. The molecule has 0 radical (unpaired) electrons. The average Bonchev–Trinajstić information content (AvgIpc) is 3.30. The van der Waals surface area contributed by atoms with Crippen molar-refractivity contribution in [3.05, 3.63) is 99.4 Å². The third kappa shape index (κ3) is 2.96. The van der Waals surface area contributed by atoms with Gasteiger partial charge in [-0.05, 0) is 41.6 Å². The maximum absolute atomic E-state index is 13.1. The van der Waals surface area contributed by atoms with Crippen molar-refractivity contribution < 1.29 is 14.7 Å². The molecule has 0 bridgehead atoms. The fraction of sp³-hybridized carbons (Fsp3) is 0.0909. The second kappa shape index (κ2) is 6.85. The molecular formula is C22H17NO3S. The molecule has 1 aliphatic rings.